The quantitative estimate of drug-likeness (QED) is 0.640. The van der Waals surface area contributed by atoms with Gasteiger partial charge in [0.1, 0.15) is 5.82 Å². The average molecular weight is 226 g/mol. The number of hydrogen-bond donors (Lipinski definition) is 1. The second-order valence-corrected chi connectivity index (χ2v) is 3.75. The normalized spacial score (nSPS) is 10.1. The van der Waals surface area contributed by atoms with E-state index in [1.807, 2.05) is 24.7 Å². The van der Waals surface area contributed by atoms with Crippen molar-refractivity contribution >= 4 is 5.82 Å². The third-order valence-corrected chi connectivity index (χ3v) is 2.51. The molecule has 0 aliphatic heterocycles. The van der Waals surface area contributed by atoms with E-state index in [9.17, 15) is 0 Å². The molecule has 2 rings (SSSR count). The van der Waals surface area contributed by atoms with E-state index in [4.69, 9.17) is 12.2 Å². The van der Waals surface area contributed by atoms with Gasteiger partial charge in [-0.15, -0.1) is 12.3 Å². The lowest BCUT2D eigenvalue weighted by atomic mass is 10.2. The second kappa shape index (κ2) is 5.17. The van der Waals surface area contributed by atoms with Crippen molar-refractivity contribution in [1.29, 1.82) is 0 Å². The van der Waals surface area contributed by atoms with E-state index in [1.54, 1.807) is 6.20 Å². The van der Waals surface area contributed by atoms with Crippen LogP contribution in [0.2, 0.25) is 0 Å². The minimum absolute atomic E-state index is 0.513. The zero-order valence-corrected chi connectivity index (χ0v) is 9.50. The summed E-state index contributed by atoms with van der Waals surface area (Å²) in [5, 5.41) is 0. The molecule has 2 aromatic heterocycles. The molecule has 0 amide bonds. The molecule has 0 bridgehead atoms. The Balaban J connectivity index is 2.22. The monoisotopic (exact) mass is 226 g/mol. The van der Waals surface area contributed by atoms with Crippen LogP contribution in [0.15, 0.2) is 30.9 Å². The molecule has 0 fully saturated rings. The molecule has 0 spiro atoms. The Bertz CT molecular complexity index is 536. The van der Waals surface area contributed by atoms with Gasteiger partial charge in [-0.2, -0.15) is 0 Å². The van der Waals surface area contributed by atoms with Crippen LogP contribution in [0, 0.1) is 12.3 Å². The van der Waals surface area contributed by atoms with Crippen LogP contribution in [0.4, 0.5) is 5.82 Å². The number of anilines is 1. The molecule has 0 aliphatic carbocycles. The van der Waals surface area contributed by atoms with Gasteiger partial charge < -0.3 is 10.3 Å². The summed E-state index contributed by atoms with van der Waals surface area (Å²) in [6.45, 7) is 0.863. The van der Waals surface area contributed by atoms with E-state index < -0.39 is 0 Å². The first-order chi connectivity index (χ1) is 8.31. The fourth-order valence-electron chi connectivity index (χ4n) is 1.70. The largest absolute Gasteiger partial charge is 0.384 e. The SMILES string of the molecule is C#CCCCn1cncc1-c1ccnc(N)c1. The number of rotatable bonds is 4. The zero-order chi connectivity index (χ0) is 12.1. The van der Waals surface area contributed by atoms with Gasteiger partial charge in [-0.3, -0.25) is 0 Å². The van der Waals surface area contributed by atoms with Crippen LogP contribution in [-0.4, -0.2) is 14.5 Å². The Morgan fingerprint density at radius 2 is 2.35 bits per heavy atom. The number of aryl methyl sites for hydroxylation is 1. The van der Waals surface area contributed by atoms with Crippen LogP contribution in [0.1, 0.15) is 12.8 Å². The van der Waals surface area contributed by atoms with Crippen LogP contribution in [0.5, 0.6) is 0 Å². The van der Waals surface area contributed by atoms with Gasteiger partial charge in [-0.05, 0) is 18.6 Å². The van der Waals surface area contributed by atoms with Crippen LogP contribution in [0.25, 0.3) is 11.3 Å². The number of nitrogens with zero attached hydrogens (tertiary/aromatic N) is 3. The maximum atomic E-state index is 5.67. The van der Waals surface area contributed by atoms with Crippen molar-refractivity contribution < 1.29 is 0 Å². The molecule has 4 nitrogen and oxygen atoms in total. The summed E-state index contributed by atoms with van der Waals surface area (Å²) in [6, 6.07) is 3.76. The first kappa shape index (κ1) is 11.2. The maximum Gasteiger partial charge on any atom is 0.123 e. The highest BCUT2D eigenvalue weighted by Gasteiger charge is 2.05. The van der Waals surface area contributed by atoms with Crippen molar-refractivity contribution in [2.75, 3.05) is 5.73 Å². The van der Waals surface area contributed by atoms with Gasteiger partial charge in [0.2, 0.25) is 0 Å². The van der Waals surface area contributed by atoms with E-state index in [0.29, 0.717) is 5.82 Å². The highest BCUT2D eigenvalue weighted by molar-refractivity contribution is 5.61. The predicted molar refractivity (Wildman–Crippen MR) is 67.9 cm³/mol. The molecular formula is C13H14N4. The summed E-state index contributed by atoms with van der Waals surface area (Å²) in [4.78, 5) is 8.13. The number of nitrogens with two attached hydrogens (primary N) is 1. The Labute approximate surface area is 101 Å². The molecule has 0 radical (unpaired) electrons. The fraction of sp³-hybridized carbons (Fsp3) is 0.231. The smallest absolute Gasteiger partial charge is 0.123 e. The molecule has 17 heavy (non-hydrogen) atoms. The van der Waals surface area contributed by atoms with E-state index in [-0.39, 0.29) is 0 Å². The van der Waals surface area contributed by atoms with Crippen molar-refractivity contribution in [3.05, 3.63) is 30.9 Å². The number of terminal acetylenes is 1. The minimum atomic E-state index is 0.513. The third kappa shape index (κ3) is 2.64. The summed E-state index contributed by atoms with van der Waals surface area (Å²) in [6.07, 6.45) is 12.3. The van der Waals surface area contributed by atoms with Gasteiger partial charge >= 0.3 is 0 Å². The van der Waals surface area contributed by atoms with Crippen LogP contribution < -0.4 is 5.73 Å². The molecule has 2 aromatic rings. The molecule has 0 aromatic carbocycles. The Hall–Kier alpha value is -2.28. The van der Waals surface area contributed by atoms with Crippen LogP contribution >= 0.6 is 0 Å². The van der Waals surface area contributed by atoms with Crippen LogP contribution in [0.3, 0.4) is 0 Å². The van der Waals surface area contributed by atoms with Crippen molar-refractivity contribution in [3.8, 4) is 23.6 Å². The van der Waals surface area contributed by atoms with E-state index in [0.717, 1.165) is 30.6 Å². The van der Waals surface area contributed by atoms with Gasteiger partial charge in [0, 0.05) is 24.7 Å². The summed E-state index contributed by atoms with van der Waals surface area (Å²) in [5.74, 6) is 3.15. The summed E-state index contributed by atoms with van der Waals surface area (Å²) in [7, 11) is 0. The van der Waals surface area contributed by atoms with E-state index in [1.165, 1.54) is 0 Å². The van der Waals surface area contributed by atoms with Gasteiger partial charge in [-0.25, -0.2) is 9.97 Å². The molecular weight excluding hydrogens is 212 g/mol. The average Bonchev–Trinajstić information content (AvgIpc) is 2.78. The van der Waals surface area contributed by atoms with Crippen molar-refractivity contribution in [2.45, 2.75) is 19.4 Å². The summed E-state index contributed by atoms with van der Waals surface area (Å²) in [5.41, 5.74) is 7.73. The molecule has 0 saturated heterocycles. The third-order valence-electron chi connectivity index (χ3n) is 2.51. The Morgan fingerprint density at radius 1 is 1.47 bits per heavy atom. The Morgan fingerprint density at radius 3 is 3.12 bits per heavy atom. The molecule has 0 atom stereocenters. The van der Waals surface area contributed by atoms with Crippen LogP contribution in [-0.2, 0) is 6.54 Å². The van der Waals surface area contributed by atoms with Crippen molar-refractivity contribution in [2.24, 2.45) is 0 Å². The number of pyridine rings is 1. The highest BCUT2D eigenvalue weighted by Crippen LogP contribution is 2.20. The number of hydrogen-bond acceptors (Lipinski definition) is 3. The fourth-order valence-corrected chi connectivity index (χ4v) is 1.70. The molecule has 0 unspecified atom stereocenters. The molecule has 2 N–H and O–H groups in total. The lowest BCUT2D eigenvalue weighted by Crippen LogP contribution is -1.99. The molecule has 4 heteroatoms. The number of unbranched alkanes of at least 4 members (excludes halogenated alkanes) is 1. The molecule has 0 saturated carbocycles. The Kier molecular flexibility index (Phi) is 3.41. The summed E-state index contributed by atoms with van der Waals surface area (Å²) < 4.78 is 2.08. The first-order valence-electron chi connectivity index (χ1n) is 5.47. The lowest BCUT2D eigenvalue weighted by Gasteiger charge is -2.07. The highest BCUT2D eigenvalue weighted by atomic mass is 15.0. The number of imidazole rings is 1. The van der Waals surface area contributed by atoms with E-state index >= 15 is 0 Å². The van der Waals surface area contributed by atoms with Gasteiger partial charge in [0.25, 0.3) is 0 Å². The lowest BCUT2D eigenvalue weighted by molar-refractivity contribution is 0.660. The number of aromatic nitrogens is 3. The van der Waals surface area contributed by atoms with Gasteiger partial charge in [-0.1, -0.05) is 0 Å². The molecule has 0 aliphatic rings. The summed E-state index contributed by atoms with van der Waals surface area (Å²) >= 11 is 0. The van der Waals surface area contributed by atoms with Crippen molar-refractivity contribution in [3.63, 3.8) is 0 Å². The minimum Gasteiger partial charge on any atom is -0.384 e. The second-order valence-electron chi connectivity index (χ2n) is 3.75. The maximum absolute atomic E-state index is 5.67. The molecule has 86 valence electrons. The van der Waals surface area contributed by atoms with Crippen molar-refractivity contribution in [1.82, 2.24) is 14.5 Å². The zero-order valence-electron chi connectivity index (χ0n) is 9.50. The predicted octanol–water partition coefficient (Wildman–Crippen LogP) is 1.94. The van der Waals surface area contributed by atoms with Gasteiger partial charge in [0.15, 0.2) is 0 Å². The van der Waals surface area contributed by atoms with Gasteiger partial charge in [0.05, 0.1) is 18.2 Å². The number of nitrogen functional groups attached to an aromatic ring is 1. The topological polar surface area (TPSA) is 56.7 Å². The standard InChI is InChI=1S/C13H14N4/c1-2-3-4-7-17-10-15-9-12(17)11-5-6-16-13(14)8-11/h1,5-6,8-10H,3-4,7H2,(H2,14,16). The first-order valence-corrected chi connectivity index (χ1v) is 5.47. The van der Waals surface area contributed by atoms with E-state index in [2.05, 4.69) is 20.5 Å². The molecule has 2 heterocycles.